The largest absolute Gasteiger partial charge is 0.481 e. The topological polar surface area (TPSA) is 63.6 Å². The van der Waals surface area contributed by atoms with Crippen LogP contribution in [0.3, 0.4) is 0 Å². The van der Waals surface area contributed by atoms with Crippen molar-refractivity contribution in [2.45, 2.75) is 20.3 Å². The third-order valence-electron chi connectivity index (χ3n) is 3.42. The Balaban J connectivity index is 2.15. The number of hydrogen-bond donors (Lipinski definition) is 1. The van der Waals surface area contributed by atoms with Crippen LogP contribution in [0.15, 0.2) is 11.6 Å². The second kappa shape index (κ2) is 3.08. The first-order valence-electron chi connectivity index (χ1n) is 5.05. The molecule has 82 valence electrons. The summed E-state index contributed by atoms with van der Waals surface area (Å²) in [5, 5.41) is 8.95. The number of cyclic esters (lactones) is 1. The molecule has 0 spiro atoms. The molecule has 1 saturated heterocycles. The number of ether oxygens (including phenoxy) is 1. The van der Waals surface area contributed by atoms with E-state index in [-0.39, 0.29) is 23.2 Å². The molecular formula is C11H14O4. The molecule has 2 unspecified atom stereocenters. The van der Waals surface area contributed by atoms with E-state index in [1.54, 1.807) is 6.08 Å². The SMILES string of the molecule is CC1(C)C(/C=C2\CCOC2=O)C1C(=O)O. The van der Waals surface area contributed by atoms with Gasteiger partial charge in [0.05, 0.1) is 12.5 Å². The van der Waals surface area contributed by atoms with Gasteiger partial charge in [-0.15, -0.1) is 0 Å². The van der Waals surface area contributed by atoms with Crippen LogP contribution in [0.1, 0.15) is 20.3 Å². The minimum Gasteiger partial charge on any atom is -0.481 e. The average Bonchev–Trinajstić information content (AvgIpc) is 2.47. The van der Waals surface area contributed by atoms with Gasteiger partial charge in [0.2, 0.25) is 0 Å². The number of carboxylic acid groups (broad SMARTS) is 1. The highest BCUT2D eigenvalue weighted by atomic mass is 16.5. The van der Waals surface area contributed by atoms with Crippen molar-refractivity contribution in [2.75, 3.05) is 6.61 Å². The Bertz CT molecular complexity index is 354. The van der Waals surface area contributed by atoms with Crippen LogP contribution in [0.2, 0.25) is 0 Å². The molecule has 2 aliphatic rings. The Morgan fingerprint density at radius 2 is 2.27 bits per heavy atom. The van der Waals surface area contributed by atoms with Crippen molar-refractivity contribution in [3.63, 3.8) is 0 Å². The number of hydrogen-bond acceptors (Lipinski definition) is 3. The van der Waals surface area contributed by atoms with E-state index in [1.807, 2.05) is 13.8 Å². The smallest absolute Gasteiger partial charge is 0.333 e. The lowest BCUT2D eigenvalue weighted by Gasteiger charge is -1.97. The van der Waals surface area contributed by atoms with Gasteiger partial charge < -0.3 is 9.84 Å². The Kier molecular flexibility index (Phi) is 2.10. The maximum absolute atomic E-state index is 11.2. The van der Waals surface area contributed by atoms with Gasteiger partial charge in [-0.05, 0) is 11.3 Å². The molecule has 2 atom stereocenters. The van der Waals surface area contributed by atoms with Crippen LogP contribution >= 0.6 is 0 Å². The summed E-state index contributed by atoms with van der Waals surface area (Å²) in [7, 11) is 0. The van der Waals surface area contributed by atoms with Crippen molar-refractivity contribution in [3.05, 3.63) is 11.6 Å². The molecule has 1 aliphatic heterocycles. The Morgan fingerprint density at radius 3 is 2.67 bits per heavy atom. The maximum Gasteiger partial charge on any atom is 0.333 e. The van der Waals surface area contributed by atoms with Crippen molar-refractivity contribution in [3.8, 4) is 0 Å². The lowest BCUT2D eigenvalue weighted by Crippen LogP contribution is -2.03. The predicted molar refractivity (Wildman–Crippen MR) is 52.1 cm³/mol. The number of aliphatic carboxylic acids is 1. The summed E-state index contributed by atoms with van der Waals surface area (Å²) in [5.74, 6) is -1.47. The van der Waals surface area contributed by atoms with Crippen molar-refractivity contribution in [1.29, 1.82) is 0 Å². The molecule has 2 rings (SSSR count). The van der Waals surface area contributed by atoms with E-state index in [0.717, 1.165) is 0 Å². The minimum absolute atomic E-state index is 0.0318. The van der Waals surface area contributed by atoms with Crippen molar-refractivity contribution in [1.82, 2.24) is 0 Å². The molecule has 1 heterocycles. The lowest BCUT2D eigenvalue weighted by molar-refractivity contribution is -0.139. The standard InChI is InChI=1S/C11H14O4/c1-11(2)7(8(11)9(12)13)5-6-3-4-15-10(6)14/h5,7-8H,3-4H2,1-2H3,(H,12,13)/b6-5+. The Labute approximate surface area is 87.9 Å². The van der Waals surface area contributed by atoms with E-state index in [0.29, 0.717) is 18.6 Å². The molecule has 1 saturated carbocycles. The second-order valence-corrected chi connectivity index (χ2v) is 4.74. The molecule has 0 radical (unpaired) electrons. The van der Waals surface area contributed by atoms with Gasteiger partial charge in [0.15, 0.2) is 0 Å². The zero-order valence-corrected chi connectivity index (χ0v) is 8.82. The number of carbonyl (C=O) groups is 2. The van der Waals surface area contributed by atoms with Crippen LogP contribution in [0, 0.1) is 17.3 Å². The number of carbonyl (C=O) groups excluding carboxylic acids is 1. The predicted octanol–water partition coefficient (Wildman–Crippen LogP) is 1.22. The van der Waals surface area contributed by atoms with Crippen LogP contribution in [0.4, 0.5) is 0 Å². The molecule has 4 nitrogen and oxygen atoms in total. The lowest BCUT2D eigenvalue weighted by atomic mass is 10.1. The van der Waals surface area contributed by atoms with Crippen LogP contribution in [-0.4, -0.2) is 23.7 Å². The molecule has 0 aromatic carbocycles. The van der Waals surface area contributed by atoms with Gasteiger partial charge in [-0.1, -0.05) is 19.9 Å². The summed E-state index contributed by atoms with van der Waals surface area (Å²) in [6.07, 6.45) is 2.39. The molecule has 0 bridgehead atoms. The van der Waals surface area contributed by atoms with Crippen LogP contribution in [0.5, 0.6) is 0 Å². The number of esters is 1. The summed E-state index contributed by atoms with van der Waals surface area (Å²) in [5.41, 5.74) is 0.402. The Morgan fingerprint density at radius 1 is 1.60 bits per heavy atom. The van der Waals surface area contributed by atoms with Gasteiger partial charge in [-0.3, -0.25) is 4.79 Å². The molecule has 0 aromatic heterocycles. The highest BCUT2D eigenvalue weighted by Crippen LogP contribution is 2.59. The summed E-state index contributed by atoms with van der Waals surface area (Å²) < 4.78 is 4.80. The molecule has 1 aliphatic carbocycles. The number of allylic oxidation sites excluding steroid dienone is 1. The van der Waals surface area contributed by atoms with Gasteiger partial charge in [0.25, 0.3) is 0 Å². The van der Waals surface area contributed by atoms with E-state index in [9.17, 15) is 9.59 Å². The number of carboxylic acids is 1. The number of rotatable bonds is 2. The summed E-state index contributed by atoms with van der Waals surface area (Å²) >= 11 is 0. The van der Waals surface area contributed by atoms with Gasteiger partial charge >= 0.3 is 11.9 Å². The maximum atomic E-state index is 11.2. The van der Waals surface area contributed by atoms with Gasteiger partial charge in [0.1, 0.15) is 0 Å². The fraction of sp³-hybridized carbons (Fsp3) is 0.636. The first-order valence-corrected chi connectivity index (χ1v) is 5.05. The van der Waals surface area contributed by atoms with Gasteiger partial charge in [-0.2, -0.15) is 0 Å². The van der Waals surface area contributed by atoms with E-state index in [4.69, 9.17) is 9.84 Å². The minimum atomic E-state index is -0.784. The normalized spacial score (nSPS) is 35.3. The van der Waals surface area contributed by atoms with Gasteiger partial charge in [0, 0.05) is 12.0 Å². The van der Waals surface area contributed by atoms with Crippen molar-refractivity contribution in [2.24, 2.45) is 17.3 Å². The molecule has 2 fully saturated rings. The second-order valence-electron chi connectivity index (χ2n) is 4.74. The molecular weight excluding hydrogens is 196 g/mol. The zero-order valence-electron chi connectivity index (χ0n) is 8.82. The van der Waals surface area contributed by atoms with Crippen molar-refractivity contribution >= 4 is 11.9 Å². The van der Waals surface area contributed by atoms with Gasteiger partial charge in [-0.25, -0.2) is 4.79 Å². The monoisotopic (exact) mass is 210 g/mol. The fourth-order valence-electron chi connectivity index (χ4n) is 2.28. The van der Waals surface area contributed by atoms with E-state index < -0.39 is 5.97 Å². The molecule has 1 N–H and O–H groups in total. The van der Waals surface area contributed by atoms with E-state index >= 15 is 0 Å². The summed E-state index contributed by atoms with van der Waals surface area (Å²) in [6, 6.07) is 0. The average molecular weight is 210 g/mol. The summed E-state index contributed by atoms with van der Waals surface area (Å²) in [6.45, 7) is 4.25. The molecule has 4 heteroatoms. The van der Waals surface area contributed by atoms with E-state index in [1.165, 1.54) is 0 Å². The zero-order chi connectivity index (χ0) is 11.2. The summed E-state index contributed by atoms with van der Waals surface area (Å²) in [4.78, 5) is 22.1. The highest BCUT2D eigenvalue weighted by molar-refractivity contribution is 5.90. The highest BCUT2D eigenvalue weighted by Gasteiger charge is 2.61. The van der Waals surface area contributed by atoms with Crippen LogP contribution in [-0.2, 0) is 14.3 Å². The molecule has 0 aromatic rings. The first kappa shape index (κ1) is 10.2. The quantitative estimate of drug-likeness (QED) is 0.549. The third kappa shape index (κ3) is 1.54. The first-order chi connectivity index (χ1) is 6.94. The fourth-order valence-corrected chi connectivity index (χ4v) is 2.28. The third-order valence-corrected chi connectivity index (χ3v) is 3.42. The van der Waals surface area contributed by atoms with Crippen molar-refractivity contribution < 1.29 is 19.4 Å². The van der Waals surface area contributed by atoms with Crippen LogP contribution < -0.4 is 0 Å². The molecule has 15 heavy (non-hydrogen) atoms. The molecule has 0 amide bonds. The Hall–Kier alpha value is -1.32. The van der Waals surface area contributed by atoms with Crippen LogP contribution in [0.25, 0.3) is 0 Å². The van der Waals surface area contributed by atoms with E-state index in [2.05, 4.69) is 0 Å².